The number of piperidine rings is 1. The zero-order chi connectivity index (χ0) is 12.3. The zero-order valence-electron chi connectivity index (χ0n) is 9.95. The molecular weight excluding hydrogens is 236 g/mol. The molecule has 1 amide bonds. The molecule has 3 nitrogen and oxygen atoms in total. The summed E-state index contributed by atoms with van der Waals surface area (Å²) >= 11 is 6.25. The molecule has 92 valence electrons. The normalized spacial score (nSPS) is 20.1. The molecular formula is C13H17ClN2O. The number of nitrogens with zero attached hydrogens (tertiary/aromatic N) is 1. The third kappa shape index (κ3) is 2.72. The first-order valence-corrected chi connectivity index (χ1v) is 6.34. The van der Waals surface area contributed by atoms with Gasteiger partial charge >= 0.3 is 0 Å². The highest BCUT2D eigenvalue weighted by atomic mass is 35.5. The van der Waals surface area contributed by atoms with E-state index in [4.69, 9.17) is 11.6 Å². The Hall–Kier alpha value is -1.22. The predicted octanol–water partition coefficient (Wildman–Crippen LogP) is 3.14. The van der Waals surface area contributed by atoms with Gasteiger partial charge in [-0.1, -0.05) is 24.6 Å². The quantitative estimate of drug-likeness (QED) is 0.839. The van der Waals surface area contributed by atoms with Crippen molar-refractivity contribution in [3.63, 3.8) is 0 Å². The lowest BCUT2D eigenvalue weighted by molar-refractivity contribution is -0.105. The minimum Gasteiger partial charge on any atom is -0.368 e. The number of nitrogens with one attached hydrogen (secondary N) is 1. The monoisotopic (exact) mass is 252 g/mol. The number of anilines is 2. The van der Waals surface area contributed by atoms with Crippen LogP contribution in [0.25, 0.3) is 0 Å². The van der Waals surface area contributed by atoms with Gasteiger partial charge < -0.3 is 10.2 Å². The summed E-state index contributed by atoms with van der Waals surface area (Å²) in [7, 11) is 0. The number of carbonyl (C=O) groups excluding carboxylic acids is 1. The van der Waals surface area contributed by atoms with Gasteiger partial charge in [-0.15, -0.1) is 0 Å². The molecule has 0 aromatic heterocycles. The number of carbonyl (C=O) groups is 1. The number of para-hydroxylation sites is 1. The molecule has 1 saturated heterocycles. The molecule has 1 aliphatic rings. The van der Waals surface area contributed by atoms with Gasteiger partial charge in [0, 0.05) is 13.1 Å². The van der Waals surface area contributed by atoms with Crippen LogP contribution in [-0.4, -0.2) is 19.5 Å². The average molecular weight is 253 g/mol. The van der Waals surface area contributed by atoms with Crippen molar-refractivity contribution in [1.82, 2.24) is 0 Å². The molecule has 1 fully saturated rings. The van der Waals surface area contributed by atoms with E-state index in [1.165, 1.54) is 12.8 Å². The molecule has 1 N–H and O–H groups in total. The van der Waals surface area contributed by atoms with Gasteiger partial charge in [0.25, 0.3) is 0 Å². The molecule has 17 heavy (non-hydrogen) atoms. The van der Waals surface area contributed by atoms with E-state index in [2.05, 4.69) is 17.1 Å². The second-order valence-corrected chi connectivity index (χ2v) is 5.00. The molecule has 1 aromatic carbocycles. The molecule has 4 heteroatoms. The number of benzene rings is 1. The van der Waals surface area contributed by atoms with Gasteiger partial charge in [0.2, 0.25) is 6.41 Å². The summed E-state index contributed by atoms with van der Waals surface area (Å²) in [4.78, 5) is 12.9. The maximum atomic E-state index is 10.6. The van der Waals surface area contributed by atoms with Crippen LogP contribution in [0, 0.1) is 5.92 Å². The summed E-state index contributed by atoms with van der Waals surface area (Å²) in [6.07, 6.45) is 3.13. The lowest BCUT2D eigenvalue weighted by atomic mass is 9.99. The Labute approximate surface area is 107 Å². The van der Waals surface area contributed by atoms with Gasteiger partial charge in [-0.3, -0.25) is 4.79 Å². The van der Waals surface area contributed by atoms with Gasteiger partial charge in [0.15, 0.2) is 0 Å². The SMILES string of the molecule is CC1CCCN(c2c(Cl)cccc2NC=O)C1. The lowest BCUT2D eigenvalue weighted by Gasteiger charge is -2.34. The van der Waals surface area contributed by atoms with Gasteiger partial charge in [-0.05, 0) is 30.9 Å². The van der Waals surface area contributed by atoms with Crippen molar-refractivity contribution >= 4 is 29.4 Å². The van der Waals surface area contributed by atoms with Gasteiger partial charge in [-0.25, -0.2) is 0 Å². The number of rotatable bonds is 3. The molecule has 0 radical (unpaired) electrons. The summed E-state index contributed by atoms with van der Waals surface area (Å²) in [5.41, 5.74) is 1.74. The van der Waals surface area contributed by atoms with E-state index in [-0.39, 0.29) is 0 Å². The van der Waals surface area contributed by atoms with Crippen molar-refractivity contribution in [2.75, 3.05) is 23.3 Å². The topological polar surface area (TPSA) is 32.3 Å². The van der Waals surface area contributed by atoms with Crippen molar-refractivity contribution < 1.29 is 4.79 Å². The summed E-state index contributed by atoms with van der Waals surface area (Å²) in [6, 6.07) is 5.60. The van der Waals surface area contributed by atoms with Crippen LogP contribution >= 0.6 is 11.6 Å². The molecule has 2 rings (SSSR count). The first-order chi connectivity index (χ1) is 8.22. The van der Waals surface area contributed by atoms with Crippen LogP contribution in [0.5, 0.6) is 0 Å². The fourth-order valence-electron chi connectivity index (χ4n) is 2.41. The van der Waals surface area contributed by atoms with E-state index in [1.54, 1.807) is 0 Å². The van der Waals surface area contributed by atoms with Gasteiger partial charge in [-0.2, -0.15) is 0 Å². The van der Waals surface area contributed by atoms with Crippen molar-refractivity contribution in [1.29, 1.82) is 0 Å². The van der Waals surface area contributed by atoms with E-state index >= 15 is 0 Å². The third-order valence-electron chi connectivity index (χ3n) is 3.17. The van der Waals surface area contributed by atoms with Crippen molar-refractivity contribution in [2.24, 2.45) is 5.92 Å². The second-order valence-electron chi connectivity index (χ2n) is 4.59. The molecule has 1 aromatic rings. The van der Waals surface area contributed by atoms with E-state index in [9.17, 15) is 4.79 Å². The van der Waals surface area contributed by atoms with Crippen molar-refractivity contribution in [2.45, 2.75) is 19.8 Å². The standard InChI is InChI=1S/C13H17ClN2O/c1-10-4-3-7-16(8-10)13-11(14)5-2-6-12(13)15-9-17/h2,5-6,9-10H,3-4,7-8H2,1H3,(H,15,17). The van der Waals surface area contributed by atoms with Crippen LogP contribution in [-0.2, 0) is 4.79 Å². The molecule has 0 saturated carbocycles. The minimum atomic E-state index is 0.670. The van der Waals surface area contributed by atoms with Gasteiger partial charge in [0.1, 0.15) is 0 Å². The zero-order valence-corrected chi connectivity index (χ0v) is 10.7. The predicted molar refractivity (Wildman–Crippen MR) is 71.7 cm³/mol. The fraction of sp³-hybridized carbons (Fsp3) is 0.462. The summed E-state index contributed by atoms with van der Waals surface area (Å²) in [5.74, 6) is 0.670. The molecule has 1 unspecified atom stereocenters. The first-order valence-electron chi connectivity index (χ1n) is 5.96. The summed E-state index contributed by atoms with van der Waals surface area (Å²) < 4.78 is 0. The Balaban J connectivity index is 2.31. The number of hydrogen-bond donors (Lipinski definition) is 1. The largest absolute Gasteiger partial charge is 0.368 e. The van der Waals surface area contributed by atoms with Crippen LogP contribution in [0.1, 0.15) is 19.8 Å². The molecule has 1 atom stereocenters. The Bertz CT molecular complexity index is 408. The Morgan fingerprint density at radius 1 is 1.53 bits per heavy atom. The third-order valence-corrected chi connectivity index (χ3v) is 3.48. The van der Waals surface area contributed by atoms with Crippen molar-refractivity contribution in [3.05, 3.63) is 23.2 Å². The number of hydrogen-bond acceptors (Lipinski definition) is 2. The van der Waals surface area contributed by atoms with E-state index in [0.717, 1.165) is 24.5 Å². The summed E-state index contributed by atoms with van der Waals surface area (Å²) in [6.45, 7) is 4.24. The van der Waals surface area contributed by atoms with E-state index < -0.39 is 0 Å². The highest BCUT2D eigenvalue weighted by molar-refractivity contribution is 6.34. The van der Waals surface area contributed by atoms with E-state index in [0.29, 0.717) is 17.4 Å². The fourth-order valence-corrected chi connectivity index (χ4v) is 2.70. The molecule has 1 heterocycles. The average Bonchev–Trinajstić information content (AvgIpc) is 2.29. The number of halogens is 1. The molecule has 0 aliphatic carbocycles. The van der Waals surface area contributed by atoms with Crippen LogP contribution in [0.15, 0.2) is 18.2 Å². The maximum absolute atomic E-state index is 10.6. The van der Waals surface area contributed by atoms with Gasteiger partial charge in [0.05, 0.1) is 16.4 Å². The van der Waals surface area contributed by atoms with Crippen LogP contribution in [0.4, 0.5) is 11.4 Å². The Morgan fingerprint density at radius 3 is 3.06 bits per heavy atom. The highest BCUT2D eigenvalue weighted by Gasteiger charge is 2.20. The first kappa shape index (κ1) is 12.2. The lowest BCUT2D eigenvalue weighted by Crippen LogP contribution is -2.34. The van der Waals surface area contributed by atoms with Crippen LogP contribution in [0.3, 0.4) is 0 Å². The van der Waals surface area contributed by atoms with Crippen LogP contribution < -0.4 is 10.2 Å². The molecule has 1 aliphatic heterocycles. The number of amides is 1. The smallest absolute Gasteiger partial charge is 0.211 e. The summed E-state index contributed by atoms with van der Waals surface area (Å²) in [5, 5.41) is 3.42. The Morgan fingerprint density at radius 2 is 2.35 bits per heavy atom. The minimum absolute atomic E-state index is 0.670. The van der Waals surface area contributed by atoms with Crippen LogP contribution in [0.2, 0.25) is 5.02 Å². The van der Waals surface area contributed by atoms with E-state index in [1.807, 2.05) is 18.2 Å². The molecule has 0 bridgehead atoms. The Kier molecular flexibility index (Phi) is 3.89. The van der Waals surface area contributed by atoms with Crippen molar-refractivity contribution in [3.8, 4) is 0 Å². The molecule has 0 spiro atoms. The highest BCUT2D eigenvalue weighted by Crippen LogP contribution is 2.36. The maximum Gasteiger partial charge on any atom is 0.211 e. The second kappa shape index (κ2) is 5.41.